The van der Waals surface area contributed by atoms with Crippen LogP contribution in [0.5, 0.6) is 0 Å². The topological polar surface area (TPSA) is 97.7 Å². The van der Waals surface area contributed by atoms with Gasteiger partial charge in [0.2, 0.25) is 5.91 Å². The molecule has 1 aromatic heterocycles. The van der Waals surface area contributed by atoms with E-state index in [0.717, 1.165) is 0 Å². The molecule has 1 heterocycles. The smallest absolute Gasteiger partial charge is 0.221 e. The lowest BCUT2D eigenvalue weighted by molar-refractivity contribution is -0.114. The molecule has 0 spiro atoms. The largest absolute Gasteiger partial charge is 0.396 e. The number of benzene rings is 1. The maximum absolute atomic E-state index is 12.6. The van der Waals surface area contributed by atoms with E-state index in [2.05, 4.69) is 15.5 Å². The van der Waals surface area contributed by atoms with E-state index in [-0.39, 0.29) is 22.3 Å². The van der Waals surface area contributed by atoms with Gasteiger partial charge in [-0.3, -0.25) is 4.79 Å². The number of anilines is 1. The van der Waals surface area contributed by atoms with E-state index < -0.39 is 9.84 Å². The van der Waals surface area contributed by atoms with E-state index >= 15 is 0 Å². The molecule has 0 saturated heterocycles. The maximum Gasteiger partial charge on any atom is 0.221 e. The van der Waals surface area contributed by atoms with E-state index in [4.69, 9.17) is 4.84 Å². The van der Waals surface area contributed by atoms with Crippen molar-refractivity contribution in [3.8, 4) is 0 Å². The zero-order valence-corrected chi connectivity index (χ0v) is 14.9. The highest BCUT2D eigenvalue weighted by atomic mass is 32.2. The van der Waals surface area contributed by atoms with Crippen LogP contribution in [-0.4, -0.2) is 37.4 Å². The molecule has 0 aliphatic carbocycles. The van der Waals surface area contributed by atoms with Crippen LogP contribution >= 0.6 is 11.3 Å². The van der Waals surface area contributed by atoms with Crippen molar-refractivity contribution in [3.63, 3.8) is 0 Å². The van der Waals surface area contributed by atoms with Gasteiger partial charge in [0, 0.05) is 24.2 Å². The molecule has 7 nitrogen and oxygen atoms in total. The fourth-order valence-electron chi connectivity index (χ4n) is 1.85. The summed E-state index contributed by atoms with van der Waals surface area (Å²) in [6.45, 7) is 3.48. The predicted molar refractivity (Wildman–Crippen MR) is 93.1 cm³/mol. The van der Waals surface area contributed by atoms with Gasteiger partial charge in [-0.1, -0.05) is 5.16 Å². The number of nitrogens with one attached hydrogen (secondary N) is 1. The van der Waals surface area contributed by atoms with Crippen molar-refractivity contribution >= 4 is 38.5 Å². The Balaban J connectivity index is 2.23. The summed E-state index contributed by atoms with van der Waals surface area (Å²) in [5.41, 5.74) is 0.794. The molecule has 1 amide bonds. The highest BCUT2D eigenvalue weighted by molar-refractivity contribution is 7.92. The van der Waals surface area contributed by atoms with Crippen LogP contribution in [0.2, 0.25) is 0 Å². The van der Waals surface area contributed by atoms with Crippen LogP contribution in [0, 0.1) is 0 Å². The van der Waals surface area contributed by atoms with E-state index in [1.165, 1.54) is 42.5 Å². The number of aromatic nitrogens is 1. The Bertz CT molecular complexity index is 813. The van der Waals surface area contributed by atoms with Crippen LogP contribution in [0.3, 0.4) is 0 Å². The first kappa shape index (κ1) is 18.1. The molecule has 0 radical (unpaired) electrons. The molecule has 24 heavy (non-hydrogen) atoms. The second-order valence-electron chi connectivity index (χ2n) is 4.76. The van der Waals surface area contributed by atoms with Gasteiger partial charge in [0.25, 0.3) is 0 Å². The SMILES string of the molecule is CCO/N=C(/CS(=O)(=O)c1ccc(NC(C)=O)cc1)c1nccs1. The molecule has 0 saturated carbocycles. The van der Waals surface area contributed by atoms with Gasteiger partial charge in [-0.2, -0.15) is 0 Å². The number of hydrogen-bond acceptors (Lipinski definition) is 7. The third kappa shape index (κ3) is 4.87. The zero-order valence-electron chi connectivity index (χ0n) is 13.2. The molecule has 0 atom stereocenters. The fraction of sp³-hybridized carbons (Fsp3) is 0.267. The van der Waals surface area contributed by atoms with Crippen molar-refractivity contribution in [2.45, 2.75) is 18.7 Å². The molecule has 0 fully saturated rings. The van der Waals surface area contributed by atoms with E-state index in [0.29, 0.717) is 17.3 Å². The molecule has 2 rings (SSSR count). The summed E-state index contributed by atoms with van der Waals surface area (Å²) >= 11 is 1.29. The quantitative estimate of drug-likeness (QED) is 0.598. The highest BCUT2D eigenvalue weighted by Crippen LogP contribution is 2.18. The predicted octanol–water partition coefficient (Wildman–Crippen LogP) is 2.32. The molecule has 0 unspecified atom stereocenters. The van der Waals surface area contributed by atoms with E-state index in [1.807, 2.05) is 0 Å². The van der Waals surface area contributed by atoms with Crippen LogP contribution in [0.15, 0.2) is 45.9 Å². The Morgan fingerprint density at radius 3 is 2.58 bits per heavy atom. The van der Waals surface area contributed by atoms with Crippen molar-refractivity contribution in [1.29, 1.82) is 0 Å². The summed E-state index contributed by atoms with van der Waals surface area (Å²) in [4.78, 5) is 20.2. The van der Waals surface area contributed by atoms with Gasteiger partial charge in [-0.15, -0.1) is 11.3 Å². The van der Waals surface area contributed by atoms with E-state index in [9.17, 15) is 13.2 Å². The number of carbonyl (C=O) groups excluding carboxylic acids is 1. The van der Waals surface area contributed by atoms with Crippen molar-refractivity contribution in [1.82, 2.24) is 4.98 Å². The minimum atomic E-state index is -3.62. The van der Waals surface area contributed by atoms with Gasteiger partial charge < -0.3 is 10.2 Å². The number of oxime groups is 1. The molecule has 128 valence electrons. The van der Waals surface area contributed by atoms with Crippen LogP contribution in [-0.2, 0) is 19.5 Å². The average molecular weight is 367 g/mol. The summed E-state index contributed by atoms with van der Waals surface area (Å²) in [5, 5.41) is 8.71. The first-order chi connectivity index (χ1) is 11.4. The number of hydrogen-bond donors (Lipinski definition) is 1. The van der Waals surface area contributed by atoms with Crippen molar-refractivity contribution in [3.05, 3.63) is 40.8 Å². The molecule has 0 aliphatic heterocycles. The number of carbonyl (C=O) groups is 1. The third-order valence-electron chi connectivity index (χ3n) is 2.84. The Morgan fingerprint density at radius 1 is 1.33 bits per heavy atom. The third-order valence-corrected chi connectivity index (χ3v) is 5.31. The lowest BCUT2D eigenvalue weighted by atomic mass is 10.3. The lowest BCUT2D eigenvalue weighted by Crippen LogP contribution is -2.18. The molecule has 1 aromatic carbocycles. The Morgan fingerprint density at radius 2 is 2.04 bits per heavy atom. The summed E-state index contributed by atoms with van der Waals surface area (Å²) in [6.07, 6.45) is 1.58. The first-order valence-corrected chi connectivity index (χ1v) is 9.64. The van der Waals surface area contributed by atoms with Gasteiger partial charge in [0.15, 0.2) is 9.84 Å². The zero-order chi connectivity index (χ0) is 17.6. The molecular weight excluding hydrogens is 350 g/mol. The van der Waals surface area contributed by atoms with Gasteiger partial charge in [0.1, 0.15) is 23.1 Å². The van der Waals surface area contributed by atoms with Crippen LogP contribution in [0.25, 0.3) is 0 Å². The lowest BCUT2D eigenvalue weighted by Gasteiger charge is -2.07. The van der Waals surface area contributed by atoms with Crippen molar-refractivity contribution < 1.29 is 18.0 Å². The Labute approximate surface area is 144 Å². The Hall–Kier alpha value is -2.26. The molecular formula is C15H17N3O4S2. The van der Waals surface area contributed by atoms with Gasteiger partial charge in [0.05, 0.1) is 4.90 Å². The first-order valence-electron chi connectivity index (χ1n) is 7.11. The second-order valence-corrected chi connectivity index (χ2v) is 7.64. The number of thiazole rings is 1. The molecule has 1 N–H and O–H groups in total. The molecule has 2 aromatic rings. The normalized spacial score (nSPS) is 12.0. The van der Waals surface area contributed by atoms with Crippen LogP contribution in [0.4, 0.5) is 5.69 Å². The van der Waals surface area contributed by atoms with Crippen molar-refractivity contribution in [2.24, 2.45) is 5.16 Å². The molecule has 0 bridgehead atoms. The van der Waals surface area contributed by atoms with E-state index in [1.54, 1.807) is 18.5 Å². The molecule has 0 aliphatic rings. The van der Waals surface area contributed by atoms with Crippen LogP contribution < -0.4 is 5.32 Å². The molecule has 9 heteroatoms. The minimum absolute atomic E-state index is 0.136. The van der Waals surface area contributed by atoms with Gasteiger partial charge >= 0.3 is 0 Å². The minimum Gasteiger partial charge on any atom is -0.396 e. The monoisotopic (exact) mass is 367 g/mol. The summed E-state index contributed by atoms with van der Waals surface area (Å²) in [7, 11) is -3.62. The summed E-state index contributed by atoms with van der Waals surface area (Å²) < 4.78 is 25.2. The fourth-order valence-corrected chi connectivity index (χ4v) is 3.82. The van der Waals surface area contributed by atoms with Gasteiger partial charge in [-0.25, -0.2) is 13.4 Å². The highest BCUT2D eigenvalue weighted by Gasteiger charge is 2.21. The average Bonchev–Trinajstić information content (AvgIpc) is 3.05. The second kappa shape index (κ2) is 8.02. The standard InChI is InChI=1S/C15H17N3O4S2/c1-3-22-18-14(15-16-8-9-23-15)10-24(20,21)13-6-4-12(5-7-13)17-11(2)19/h4-9H,3,10H2,1-2H3,(H,17,19)/b18-14-. The number of rotatable bonds is 7. The summed E-state index contributed by atoms with van der Waals surface area (Å²) in [6, 6.07) is 5.97. The number of amides is 1. The maximum atomic E-state index is 12.6. The number of sulfone groups is 1. The van der Waals surface area contributed by atoms with Gasteiger partial charge in [-0.05, 0) is 31.2 Å². The van der Waals surface area contributed by atoms with Crippen LogP contribution in [0.1, 0.15) is 18.9 Å². The Kier molecular flexibility index (Phi) is 6.04. The summed E-state index contributed by atoms with van der Waals surface area (Å²) in [5.74, 6) is -0.541. The van der Waals surface area contributed by atoms with Crippen molar-refractivity contribution in [2.75, 3.05) is 17.7 Å². The number of nitrogens with zero attached hydrogens (tertiary/aromatic N) is 2.